The molecule has 0 fully saturated rings. The number of carbonyl (C=O) groups is 2. The number of nitrogens with zero attached hydrogens (tertiary/aromatic N) is 2. The Morgan fingerprint density at radius 2 is 2.12 bits per heavy atom. The second kappa shape index (κ2) is 5.98. The van der Waals surface area contributed by atoms with Gasteiger partial charge in [-0.15, -0.1) is 0 Å². The maximum atomic E-state index is 12.7. The molecule has 0 aromatic carbocycles. The smallest absolute Gasteiger partial charge is 0.261 e. The minimum Gasteiger partial charge on any atom is -0.345 e. The van der Waals surface area contributed by atoms with E-state index in [2.05, 4.69) is 15.4 Å². The Labute approximate surface area is 144 Å². The molecule has 4 rings (SSSR count). The van der Waals surface area contributed by atoms with Crippen LogP contribution in [0.3, 0.4) is 0 Å². The molecule has 1 atom stereocenters. The van der Waals surface area contributed by atoms with Crippen molar-refractivity contribution in [1.29, 1.82) is 0 Å². The van der Waals surface area contributed by atoms with Gasteiger partial charge < -0.3 is 10.3 Å². The quantitative estimate of drug-likeness (QED) is 0.864. The Bertz CT molecular complexity index is 925. The van der Waals surface area contributed by atoms with Crippen LogP contribution < -0.4 is 10.9 Å². The lowest BCUT2D eigenvalue weighted by atomic mass is 9.92. The number of ketones is 1. The first-order valence-electron chi connectivity index (χ1n) is 8.65. The van der Waals surface area contributed by atoms with Crippen LogP contribution in [0.2, 0.25) is 0 Å². The number of rotatable bonds is 2. The first-order valence-corrected chi connectivity index (χ1v) is 8.65. The van der Waals surface area contributed by atoms with E-state index in [9.17, 15) is 14.4 Å². The maximum Gasteiger partial charge on any atom is 0.261 e. The number of hydrogen-bond donors (Lipinski definition) is 2. The lowest BCUT2D eigenvalue weighted by Crippen LogP contribution is -2.35. The number of H-pyrrole nitrogens is 1. The van der Waals surface area contributed by atoms with Crippen LogP contribution >= 0.6 is 0 Å². The van der Waals surface area contributed by atoms with Gasteiger partial charge in [-0.1, -0.05) is 0 Å². The Hall–Kier alpha value is -2.70. The molecule has 2 aromatic rings. The van der Waals surface area contributed by atoms with Gasteiger partial charge in [0, 0.05) is 36.0 Å². The number of carbonyl (C=O) groups excluding carboxylic acids is 2. The lowest BCUT2D eigenvalue weighted by molar-refractivity contribution is 0.0931. The summed E-state index contributed by atoms with van der Waals surface area (Å²) < 4.78 is 1.83. The zero-order valence-corrected chi connectivity index (χ0v) is 14.1. The SMILES string of the molecule is Cn1ncc2c1CCCC2NC(=O)c1cc2c([nH]c1=O)CCCC2=O. The van der Waals surface area contributed by atoms with E-state index in [0.29, 0.717) is 24.1 Å². The largest absolute Gasteiger partial charge is 0.345 e. The second-order valence-electron chi connectivity index (χ2n) is 6.77. The van der Waals surface area contributed by atoms with Crippen LogP contribution in [-0.4, -0.2) is 26.5 Å². The molecule has 0 aliphatic heterocycles. The van der Waals surface area contributed by atoms with Gasteiger partial charge in [0.25, 0.3) is 11.5 Å². The normalized spacial score (nSPS) is 19.2. The number of aryl methyl sites for hydroxylation is 2. The molecule has 2 aromatic heterocycles. The van der Waals surface area contributed by atoms with Crippen molar-refractivity contribution in [1.82, 2.24) is 20.1 Å². The Kier molecular flexibility index (Phi) is 3.78. The third-order valence-electron chi connectivity index (χ3n) is 5.18. The van der Waals surface area contributed by atoms with Gasteiger partial charge in [-0.3, -0.25) is 19.1 Å². The summed E-state index contributed by atoms with van der Waals surface area (Å²) in [5, 5.41) is 7.21. The minimum absolute atomic E-state index is 0.00464. The zero-order valence-electron chi connectivity index (χ0n) is 14.1. The van der Waals surface area contributed by atoms with E-state index in [0.717, 1.165) is 36.9 Å². The second-order valence-corrected chi connectivity index (χ2v) is 6.77. The molecule has 130 valence electrons. The van der Waals surface area contributed by atoms with Gasteiger partial charge in [-0.25, -0.2) is 0 Å². The number of aromatic nitrogens is 3. The third kappa shape index (κ3) is 2.69. The van der Waals surface area contributed by atoms with Gasteiger partial charge in [0.1, 0.15) is 5.56 Å². The topological polar surface area (TPSA) is 96.8 Å². The van der Waals surface area contributed by atoms with Gasteiger partial charge in [0.15, 0.2) is 5.78 Å². The molecule has 0 spiro atoms. The van der Waals surface area contributed by atoms with Crippen molar-refractivity contribution in [3.05, 3.63) is 50.7 Å². The summed E-state index contributed by atoms with van der Waals surface area (Å²) in [7, 11) is 1.89. The standard InChI is InChI=1S/C18H20N4O3/c1-22-15-6-2-4-14(12(15)9-19-22)21-18(25)11-8-10-13(20-17(11)24)5-3-7-16(10)23/h8-9,14H,2-7H2,1H3,(H,20,24)(H,21,25). The summed E-state index contributed by atoms with van der Waals surface area (Å²) in [5.74, 6) is -0.456. The van der Waals surface area contributed by atoms with Crippen molar-refractivity contribution in [2.45, 2.75) is 44.6 Å². The van der Waals surface area contributed by atoms with Crippen LogP contribution in [0.25, 0.3) is 0 Å². The van der Waals surface area contributed by atoms with Gasteiger partial charge in [0.2, 0.25) is 0 Å². The molecule has 0 bridgehead atoms. The van der Waals surface area contributed by atoms with E-state index < -0.39 is 11.5 Å². The average Bonchev–Trinajstić information content (AvgIpc) is 2.97. The molecule has 0 saturated carbocycles. The van der Waals surface area contributed by atoms with Crippen LogP contribution in [0.1, 0.15) is 69.4 Å². The summed E-state index contributed by atoms with van der Waals surface area (Å²) in [4.78, 5) is 39.7. The predicted octanol–water partition coefficient (Wildman–Crippen LogP) is 1.43. The maximum absolute atomic E-state index is 12.7. The molecule has 2 heterocycles. The van der Waals surface area contributed by atoms with Crippen LogP contribution in [0.4, 0.5) is 0 Å². The van der Waals surface area contributed by atoms with Crippen LogP contribution in [0.5, 0.6) is 0 Å². The Morgan fingerprint density at radius 1 is 1.28 bits per heavy atom. The monoisotopic (exact) mass is 340 g/mol. The highest BCUT2D eigenvalue weighted by molar-refractivity contribution is 6.01. The van der Waals surface area contributed by atoms with Crippen molar-refractivity contribution in [2.75, 3.05) is 0 Å². The number of aromatic amines is 1. The number of amides is 1. The summed E-state index contributed by atoms with van der Waals surface area (Å²) in [6.07, 6.45) is 6.34. The number of fused-ring (bicyclic) bond motifs is 2. The lowest BCUT2D eigenvalue weighted by Gasteiger charge is -2.24. The van der Waals surface area contributed by atoms with E-state index in [1.54, 1.807) is 6.20 Å². The fourth-order valence-electron chi connectivity index (χ4n) is 3.84. The first-order chi connectivity index (χ1) is 12.0. The fraction of sp³-hybridized carbons (Fsp3) is 0.444. The van der Waals surface area contributed by atoms with Gasteiger partial charge >= 0.3 is 0 Å². The number of Topliss-reactive ketones (excluding diaryl/α,β-unsaturated/α-hetero) is 1. The highest BCUT2D eigenvalue weighted by Crippen LogP contribution is 2.29. The van der Waals surface area contributed by atoms with E-state index in [-0.39, 0.29) is 17.4 Å². The highest BCUT2D eigenvalue weighted by Gasteiger charge is 2.27. The van der Waals surface area contributed by atoms with Crippen molar-refractivity contribution < 1.29 is 9.59 Å². The molecule has 1 unspecified atom stereocenters. The average molecular weight is 340 g/mol. The molecule has 0 radical (unpaired) electrons. The van der Waals surface area contributed by atoms with Crippen molar-refractivity contribution in [3.8, 4) is 0 Å². The molecule has 2 aliphatic carbocycles. The molecule has 1 amide bonds. The van der Waals surface area contributed by atoms with E-state index >= 15 is 0 Å². The number of pyridine rings is 1. The fourth-order valence-corrected chi connectivity index (χ4v) is 3.84. The van der Waals surface area contributed by atoms with Crippen LogP contribution in [0.15, 0.2) is 17.1 Å². The molecule has 2 aliphatic rings. The Morgan fingerprint density at radius 3 is 2.96 bits per heavy atom. The van der Waals surface area contributed by atoms with Crippen LogP contribution in [-0.2, 0) is 19.9 Å². The van der Waals surface area contributed by atoms with E-state index in [1.165, 1.54) is 6.07 Å². The Balaban J connectivity index is 1.63. The summed E-state index contributed by atoms with van der Waals surface area (Å²) in [5.41, 5.74) is 2.81. The molecule has 0 saturated heterocycles. The van der Waals surface area contributed by atoms with Gasteiger partial charge in [0.05, 0.1) is 12.2 Å². The van der Waals surface area contributed by atoms with Gasteiger partial charge in [-0.05, 0) is 38.2 Å². The summed E-state index contributed by atoms with van der Waals surface area (Å²) in [6, 6.07) is 1.30. The predicted molar refractivity (Wildman–Crippen MR) is 90.7 cm³/mol. The summed E-state index contributed by atoms with van der Waals surface area (Å²) in [6.45, 7) is 0. The minimum atomic E-state index is -0.441. The van der Waals surface area contributed by atoms with Crippen LogP contribution in [0, 0.1) is 0 Å². The summed E-state index contributed by atoms with van der Waals surface area (Å²) >= 11 is 0. The first kappa shape index (κ1) is 15.8. The number of hydrogen-bond acceptors (Lipinski definition) is 4. The van der Waals surface area contributed by atoms with Crippen molar-refractivity contribution >= 4 is 11.7 Å². The van der Waals surface area contributed by atoms with E-state index in [1.807, 2.05) is 11.7 Å². The zero-order chi connectivity index (χ0) is 17.6. The molecular formula is C18H20N4O3. The third-order valence-corrected chi connectivity index (χ3v) is 5.18. The van der Waals surface area contributed by atoms with Crippen molar-refractivity contribution in [2.24, 2.45) is 7.05 Å². The number of nitrogens with one attached hydrogen (secondary N) is 2. The molecule has 2 N–H and O–H groups in total. The molecule has 7 nitrogen and oxygen atoms in total. The molecule has 7 heteroatoms. The van der Waals surface area contributed by atoms with Gasteiger partial charge in [-0.2, -0.15) is 5.10 Å². The van der Waals surface area contributed by atoms with E-state index in [4.69, 9.17) is 0 Å². The van der Waals surface area contributed by atoms with Crippen molar-refractivity contribution in [3.63, 3.8) is 0 Å². The molecular weight excluding hydrogens is 320 g/mol. The molecule has 25 heavy (non-hydrogen) atoms. The highest BCUT2D eigenvalue weighted by atomic mass is 16.2.